The SMILES string of the molecule is CC(CCCl)CCN1CCC(C)CC1. The molecule has 0 amide bonds. The van der Waals surface area contributed by atoms with Crippen molar-refractivity contribution in [1.29, 1.82) is 0 Å². The highest BCUT2D eigenvalue weighted by atomic mass is 35.5. The van der Waals surface area contributed by atoms with Crippen LogP contribution in [0.2, 0.25) is 0 Å². The van der Waals surface area contributed by atoms with Gasteiger partial charge in [0.15, 0.2) is 0 Å². The summed E-state index contributed by atoms with van der Waals surface area (Å²) in [5.74, 6) is 2.57. The summed E-state index contributed by atoms with van der Waals surface area (Å²) >= 11 is 5.72. The molecule has 0 bridgehead atoms. The zero-order valence-corrected chi connectivity index (χ0v) is 10.4. The van der Waals surface area contributed by atoms with E-state index in [1.165, 1.54) is 45.3 Å². The monoisotopic (exact) mass is 217 g/mol. The van der Waals surface area contributed by atoms with Crippen LogP contribution < -0.4 is 0 Å². The van der Waals surface area contributed by atoms with Gasteiger partial charge in [0, 0.05) is 5.88 Å². The summed E-state index contributed by atoms with van der Waals surface area (Å²) in [5.41, 5.74) is 0. The maximum Gasteiger partial charge on any atom is 0.0225 e. The smallest absolute Gasteiger partial charge is 0.0225 e. The van der Waals surface area contributed by atoms with E-state index in [1.807, 2.05) is 0 Å². The average Bonchev–Trinajstić information content (AvgIpc) is 2.17. The first-order chi connectivity index (χ1) is 6.72. The molecule has 1 nitrogen and oxygen atoms in total. The second-order valence-electron chi connectivity index (χ2n) is 4.90. The van der Waals surface area contributed by atoms with Gasteiger partial charge in [-0.15, -0.1) is 11.6 Å². The summed E-state index contributed by atoms with van der Waals surface area (Å²) in [5, 5.41) is 0. The lowest BCUT2D eigenvalue weighted by Crippen LogP contribution is -2.34. The number of piperidine rings is 1. The van der Waals surface area contributed by atoms with E-state index in [4.69, 9.17) is 11.6 Å². The molecule has 1 fully saturated rings. The second-order valence-corrected chi connectivity index (χ2v) is 5.27. The first-order valence-corrected chi connectivity index (χ1v) is 6.54. The molecule has 0 aromatic rings. The molecule has 1 aliphatic rings. The highest BCUT2D eigenvalue weighted by molar-refractivity contribution is 6.17. The van der Waals surface area contributed by atoms with Gasteiger partial charge in [-0.05, 0) is 57.2 Å². The van der Waals surface area contributed by atoms with Crippen molar-refractivity contribution in [3.8, 4) is 0 Å². The zero-order valence-electron chi connectivity index (χ0n) is 9.64. The van der Waals surface area contributed by atoms with Crippen LogP contribution in [0, 0.1) is 11.8 Å². The fourth-order valence-electron chi connectivity index (χ4n) is 2.02. The van der Waals surface area contributed by atoms with Crippen LogP contribution in [0.5, 0.6) is 0 Å². The summed E-state index contributed by atoms with van der Waals surface area (Å²) in [6, 6.07) is 0. The summed E-state index contributed by atoms with van der Waals surface area (Å²) in [6.45, 7) is 8.59. The summed E-state index contributed by atoms with van der Waals surface area (Å²) in [7, 11) is 0. The number of halogens is 1. The fourth-order valence-corrected chi connectivity index (χ4v) is 2.39. The van der Waals surface area contributed by atoms with E-state index in [-0.39, 0.29) is 0 Å². The van der Waals surface area contributed by atoms with Crippen LogP contribution in [0.4, 0.5) is 0 Å². The molecule has 0 N–H and O–H groups in total. The molecular weight excluding hydrogens is 194 g/mol. The first kappa shape index (κ1) is 12.3. The van der Waals surface area contributed by atoms with Crippen molar-refractivity contribution in [1.82, 2.24) is 4.90 Å². The Labute approximate surface area is 93.8 Å². The van der Waals surface area contributed by atoms with E-state index in [9.17, 15) is 0 Å². The van der Waals surface area contributed by atoms with Gasteiger partial charge >= 0.3 is 0 Å². The van der Waals surface area contributed by atoms with Gasteiger partial charge in [0.05, 0.1) is 0 Å². The number of nitrogens with zero attached hydrogens (tertiary/aromatic N) is 1. The molecule has 1 heterocycles. The maximum absolute atomic E-state index is 5.72. The third kappa shape index (κ3) is 4.65. The minimum Gasteiger partial charge on any atom is -0.303 e. The molecule has 0 aromatic heterocycles. The Morgan fingerprint density at radius 2 is 1.93 bits per heavy atom. The fraction of sp³-hybridized carbons (Fsp3) is 1.00. The lowest BCUT2D eigenvalue weighted by atomic mass is 9.98. The van der Waals surface area contributed by atoms with Gasteiger partial charge in [-0.3, -0.25) is 0 Å². The molecular formula is C12H24ClN. The number of hydrogen-bond donors (Lipinski definition) is 0. The minimum absolute atomic E-state index is 0.798. The quantitative estimate of drug-likeness (QED) is 0.639. The van der Waals surface area contributed by atoms with Gasteiger partial charge in [0.25, 0.3) is 0 Å². The van der Waals surface area contributed by atoms with E-state index in [0.717, 1.165) is 17.7 Å². The molecule has 1 saturated heterocycles. The van der Waals surface area contributed by atoms with Crippen LogP contribution in [0.15, 0.2) is 0 Å². The highest BCUT2D eigenvalue weighted by Crippen LogP contribution is 2.17. The van der Waals surface area contributed by atoms with Gasteiger partial charge in [-0.1, -0.05) is 13.8 Å². The first-order valence-electron chi connectivity index (χ1n) is 6.00. The van der Waals surface area contributed by atoms with Crippen LogP contribution in [0.3, 0.4) is 0 Å². The molecule has 1 unspecified atom stereocenters. The number of hydrogen-bond acceptors (Lipinski definition) is 1. The Kier molecular flexibility index (Phi) is 5.88. The molecule has 0 saturated carbocycles. The number of rotatable bonds is 5. The lowest BCUT2D eigenvalue weighted by molar-refractivity contribution is 0.182. The van der Waals surface area contributed by atoms with Gasteiger partial charge in [0.1, 0.15) is 0 Å². The van der Waals surface area contributed by atoms with Crippen LogP contribution in [0.1, 0.15) is 39.5 Å². The number of alkyl halides is 1. The topological polar surface area (TPSA) is 3.24 Å². The third-order valence-electron chi connectivity index (χ3n) is 3.42. The Morgan fingerprint density at radius 3 is 2.50 bits per heavy atom. The summed E-state index contributed by atoms with van der Waals surface area (Å²) in [6.07, 6.45) is 5.28. The van der Waals surface area contributed by atoms with E-state index < -0.39 is 0 Å². The van der Waals surface area contributed by atoms with Crippen LogP contribution in [0.25, 0.3) is 0 Å². The number of likely N-dealkylation sites (tertiary alicyclic amines) is 1. The molecule has 84 valence electrons. The van der Waals surface area contributed by atoms with Crippen LogP contribution >= 0.6 is 11.6 Å². The molecule has 2 heteroatoms. The lowest BCUT2D eigenvalue weighted by Gasteiger charge is -2.30. The summed E-state index contributed by atoms with van der Waals surface area (Å²) in [4.78, 5) is 2.62. The largest absolute Gasteiger partial charge is 0.303 e. The molecule has 0 aliphatic carbocycles. The van der Waals surface area contributed by atoms with Crippen molar-refractivity contribution in [2.24, 2.45) is 11.8 Å². The molecule has 1 aliphatic heterocycles. The van der Waals surface area contributed by atoms with Crippen molar-refractivity contribution in [3.63, 3.8) is 0 Å². The third-order valence-corrected chi connectivity index (χ3v) is 3.63. The van der Waals surface area contributed by atoms with Crippen molar-refractivity contribution >= 4 is 11.6 Å². The highest BCUT2D eigenvalue weighted by Gasteiger charge is 2.15. The van der Waals surface area contributed by atoms with E-state index >= 15 is 0 Å². The Balaban J connectivity index is 2.06. The maximum atomic E-state index is 5.72. The van der Waals surface area contributed by atoms with Crippen molar-refractivity contribution < 1.29 is 0 Å². The molecule has 14 heavy (non-hydrogen) atoms. The second kappa shape index (κ2) is 6.68. The van der Waals surface area contributed by atoms with Crippen LogP contribution in [-0.2, 0) is 0 Å². The van der Waals surface area contributed by atoms with Gasteiger partial charge < -0.3 is 4.90 Å². The Bertz CT molecular complexity index is 141. The minimum atomic E-state index is 0.798. The van der Waals surface area contributed by atoms with Gasteiger partial charge in [-0.25, -0.2) is 0 Å². The Hall–Kier alpha value is 0.250. The van der Waals surface area contributed by atoms with Crippen molar-refractivity contribution in [2.75, 3.05) is 25.5 Å². The van der Waals surface area contributed by atoms with Gasteiger partial charge in [0.2, 0.25) is 0 Å². The molecule has 1 atom stereocenters. The van der Waals surface area contributed by atoms with E-state index in [0.29, 0.717) is 0 Å². The van der Waals surface area contributed by atoms with Crippen LogP contribution in [-0.4, -0.2) is 30.4 Å². The molecule has 0 radical (unpaired) electrons. The van der Waals surface area contributed by atoms with Gasteiger partial charge in [-0.2, -0.15) is 0 Å². The predicted molar refractivity (Wildman–Crippen MR) is 64.0 cm³/mol. The molecule has 0 spiro atoms. The zero-order chi connectivity index (χ0) is 10.4. The Morgan fingerprint density at radius 1 is 1.29 bits per heavy atom. The standard InChI is InChI=1S/C12H24ClN/c1-11(3-7-13)4-8-14-9-5-12(2)6-10-14/h11-12H,3-10H2,1-2H3. The molecule has 1 rings (SSSR count). The summed E-state index contributed by atoms with van der Waals surface area (Å²) < 4.78 is 0. The average molecular weight is 218 g/mol. The normalized spacial score (nSPS) is 22.5. The van der Waals surface area contributed by atoms with Crippen molar-refractivity contribution in [3.05, 3.63) is 0 Å². The van der Waals surface area contributed by atoms with Crippen molar-refractivity contribution in [2.45, 2.75) is 39.5 Å². The predicted octanol–water partition coefficient (Wildman–Crippen LogP) is 3.37. The molecule has 0 aromatic carbocycles. The van der Waals surface area contributed by atoms with E-state index in [2.05, 4.69) is 18.7 Å². The van der Waals surface area contributed by atoms with E-state index in [1.54, 1.807) is 0 Å².